The summed E-state index contributed by atoms with van der Waals surface area (Å²) in [6.45, 7) is 8.48. The van der Waals surface area contributed by atoms with E-state index in [2.05, 4.69) is 37.4 Å². The lowest BCUT2D eigenvalue weighted by Gasteiger charge is -2.17. The summed E-state index contributed by atoms with van der Waals surface area (Å²) in [4.78, 5) is 15.8. The first-order chi connectivity index (χ1) is 11.0. The van der Waals surface area contributed by atoms with E-state index in [0.29, 0.717) is 18.1 Å². The fourth-order valence-corrected chi connectivity index (χ4v) is 3.16. The van der Waals surface area contributed by atoms with Gasteiger partial charge in [0.2, 0.25) is 5.95 Å². The largest absolute Gasteiger partial charge is 0.390 e. The Kier molecular flexibility index (Phi) is 4.32. The van der Waals surface area contributed by atoms with Crippen LogP contribution in [0.2, 0.25) is 0 Å². The minimum atomic E-state index is -0.417. The van der Waals surface area contributed by atoms with Gasteiger partial charge in [0.15, 0.2) is 5.65 Å². The van der Waals surface area contributed by atoms with Gasteiger partial charge in [-0.05, 0) is 32.0 Å². The summed E-state index contributed by atoms with van der Waals surface area (Å²) in [6, 6.07) is 1.96. The minimum Gasteiger partial charge on any atom is -0.390 e. The van der Waals surface area contributed by atoms with Gasteiger partial charge in [0.25, 0.3) is 0 Å². The number of aliphatic hydroxyl groups excluding tert-OH is 1. The summed E-state index contributed by atoms with van der Waals surface area (Å²) in [5.74, 6) is 1.25. The maximum Gasteiger partial charge on any atom is 0.227 e. The number of aryl methyl sites for hydroxylation is 2. The van der Waals surface area contributed by atoms with Gasteiger partial charge in [-0.15, -0.1) is 0 Å². The maximum absolute atomic E-state index is 10.2. The van der Waals surface area contributed by atoms with Crippen molar-refractivity contribution in [2.75, 3.05) is 37.3 Å². The van der Waals surface area contributed by atoms with Crippen molar-refractivity contribution in [3.05, 3.63) is 17.3 Å². The van der Waals surface area contributed by atoms with Crippen LogP contribution in [0, 0.1) is 13.8 Å². The molecular weight excluding hydrogens is 292 g/mol. The highest BCUT2D eigenvalue weighted by Gasteiger charge is 2.31. The fourth-order valence-electron chi connectivity index (χ4n) is 3.16. The average molecular weight is 316 g/mol. The molecule has 0 unspecified atom stereocenters. The molecule has 0 bridgehead atoms. The second-order valence-electron chi connectivity index (χ2n) is 6.10. The van der Waals surface area contributed by atoms with Crippen molar-refractivity contribution < 1.29 is 5.11 Å². The number of pyridine rings is 1. The van der Waals surface area contributed by atoms with Crippen molar-refractivity contribution in [1.29, 1.82) is 0 Å². The molecular formula is C16H24N6O. The number of likely N-dealkylation sites (tertiary alicyclic amines) is 1. The highest BCUT2D eigenvalue weighted by Crippen LogP contribution is 2.25. The van der Waals surface area contributed by atoms with Gasteiger partial charge in [-0.1, -0.05) is 6.92 Å². The molecule has 0 aliphatic carbocycles. The number of likely N-dealkylation sites (N-methyl/N-ethyl adjacent to an activating group) is 1. The molecule has 3 heterocycles. The van der Waals surface area contributed by atoms with Gasteiger partial charge >= 0.3 is 0 Å². The van der Waals surface area contributed by atoms with Crippen LogP contribution in [0.1, 0.15) is 18.2 Å². The first-order valence-electron chi connectivity index (χ1n) is 8.02. The first-order valence-corrected chi connectivity index (χ1v) is 8.02. The predicted octanol–water partition coefficient (Wildman–Crippen LogP) is 1.16. The second-order valence-corrected chi connectivity index (χ2v) is 6.10. The molecule has 0 aromatic carbocycles. The van der Waals surface area contributed by atoms with Gasteiger partial charge in [-0.2, -0.15) is 9.97 Å². The van der Waals surface area contributed by atoms with Crippen LogP contribution in [0.3, 0.4) is 0 Å². The molecule has 2 aromatic heterocycles. The standard InChI is InChI=1S/C16H24N6O/c1-5-22-7-11(12(23)8-22)19-16-20-14(17-4)13-9(2)6-10(3)18-15(13)21-16/h6,11-12,23H,5,7-8H2,1-4H3,(H2,17,18,19,20,21)/t11-,12-/m0/s1. The van der Waals surface area contributed by atoms with Crippen molar-refractivity contribution in [2.45, 2.75) is 32.9 Å². The third-order valence-electron chi connectivity index (χ3n) is 4.36. The number of β-amino-alcohol motifs (C(OH)–C–C–N with tert-alkyl or cyclic N) is 1. The number of fused-ring (bicyclic) bond motifs is 1. The predicted molar refractivity (Wildman–Crippen MR) is 91.9 cm³/mol. The molecule has 1 saturated heterocycles. The molecule has 0 radical (unpaired) electrons. The minimum absolute atomic E-state index is 0.0667. The molecule has 1 fully saturated rings. The number of nitrogens with zero attached hydrogens (tertiary/aromatic N) is 4. The first kappa shape index (κ1) is 15.9. The molecule has 7 heteroatoms. The normalized spacial score (nSPS) is 21.8. The Hall–Kier alpha value is -1.99. The monoisotopic (exact) mass is 316 g/mol. The zero-order valence-electron chi connectivity index (χ0n) is 14.1. The van der Waals surface area contributed by atoms with E-state index >= 15 is 0 Å². The Morgan fingerprint density at radius 1 is 1.26 bits per heavy atom. The van der Waals surface area contributed by atoms with Crippen LogP contribution in [0.5, 0.6) is 0 Å². The summed E-state index contributed by atoms with van der Waals surface area (Å²) in [6.07, 6.45) is -0.417. The quantitative estimate of drug-likeness (QED) is 0.780. The van der Waals surface area contributed by atoms with Crippen LogP contribution < -0.4 is 10.6 Å². The number of aromatic nitrogens is 3. The van der Waals surface area contributed by atoms with Crippen molar-refractivity contribution in [1.82, 2.24) is 19.9 Å². The number of rotatable bonds is 4. The number of anilines is 2. The van der Waals surface area contributed by atoms with Crippen LogP contribution in [0.4, 0.5) is 11.8 Å². The van der Waals surface area contributed by atoms with Crippen LogP contribution in [0.25, 0.3) is 11.0 Å². The second kappa shape index (κ2) is 6.25. The average Bonchev–Trinajstić information content (AvgIpc) is 2.86. The number of nitrogens with one attached hydrogen (secondary N) is 2. The van der Waals surface area contributed by atoms with Crippen LogP contribution in [-0.4, -0.2) is 63.8 Å². The Morgan fingerprint density at radius 2 is 2.04 bits per heavy atom. The molecule has 0 spiro atoms. The molecule has 7 nitrogen and oxygen atoms in total. The van der Waals surface area contributed by atoms with Crippen LogP contribution in [-0.2, 0) is 0 Å². The summed E-state index contributed by atoms with van der Waals surface area (Å²) in [5.41, 5.74) is 2.70. The summed E-state index contributed by atoms with van der Waals surface area (Å²) >= 11 is 0. The van der Waals surface area contributed by atoms with E-state index in [1.54, 1.807) is 0 Å². The van der Waals surface area contributed by atoms with Crippen molar-refractivity contribution >= 4 is 22.8 Å². The lowest BCUT2D eigenvalue weighted by molar-refractivity contribution is 0.170. The van der Waals surface area contributed by atoms with Crippen LogP contribution in [0.15, 0.2) is 6.07 Å². The summed E-state index contributed by atoms with van der Waals surface area (Å²) < 4.78 is 0. The van der Waals surface area contributed by atoms with E-state index in [0.717, 1.165) is 35.6 Å². The van der Waals surface area contributed by atoms with Crippen LogP contribution >= 0.6 is 0 Å². The van der Waals surface area contributed by atoms with E-state index in [-0.39, 0.29) is 6.04 Å². The maximum atomic E-state index is 10.2. The summed E-state index contributed by atoms with van der Waals surface area (Å²) in [5, 5.41) is 17.5. The van der Waals surface area contributed by atoms with Gasteiger partial charge in [0.05, 0.1) is 17.5 Å². The van der Waals surface area contributed by atoms with E-state index in [1.165, 1.54) is 0 Å². The molecule has 3 N–H and O–H groups in total. The van der Waals surface area contributed by atoms with E-state index < -0.39 is 6.10 Å². The molecule has 1 aliphatic heterocycles. The Morgan fingerprint density at radius 3 is 2.70 bits per heavy atom. The molecule has 2 aromatic rings. The zero-order valence-corrected chi connectivity index (χ0v) is 14.1. The van der Waals surface area contributed by atoms with Gasteiger partial charge in [0, 0.05) is 25.8 Å². The SMILES string of the molecule is CCN1C[C@H](Nc2nc(NC)c3c(C)cc(C)nc3n2)[C@@H](O)C1. The molecule has 1 aliphatic rings. The van der Waals surface area contributed by atoms with E-state index in [9.17, 15) is 5.11 Å². The Balaban J connectivity index is 1.96. The van der Waals surface area contributed by atoms with Gasteiger partial charge < -0.3 is 15.7 Å². The van der Waals surface area contributed by atoms with E-state index in [4.69, 9.17) is 0 Å². The molecule has 0 amide bonds. The highest BCUT2D eigenvalue weighted by molar-refractivity contribution is 5.90. The number of aliphatic hydroxyl groups is 1. The zero-order chi connectivity index (χ0) is 16.6. The highest BCUT2D eigenvalue weighted by atomic mass is 16.3. The van der Waals surface area contributed by atoms with Gasteiger partial charge in [-0.25, -0.2) is 4.98 Å². The number of hydrogen-bond acceptors (Lipinski definition) is 7. The van der Waals surface area contributed by atoms with Crippen molar-refractivity contribution in [2.24, 2.45) is 0 Å². The summed E-state index contributed by atoms with van der Waals surface area (Å²) in [7, 11) is 1.84. The third kappa shape index (κ3) is 3.07. The topological polar surface area (TPSA) is 86.2 Å². The van der Waals surface area contributed by atoms with Gasteiger partial charge in [-0.3, -0.25) is 4.90 Å². The number of hydrogen-bond donors (Lipinski definition) is 3. The van der Waals surface area contributed by atoms with Gasteiger partial charge in [0.1, 0.15) is 5.82 Å². The Labute approximate surface area is 136 Å². The molecule has 124 valence electrons. The third-order valence-corrected chi connectivity index (χ3v) is 4.36. The van der Waals surface area contributed by atoms with Crippen molar-refractivity contribution in [3.8, 4) is 0 Å². The lowest BCUT2D eigenvalue weighted by atomic mass is 10.1. The molecule has 0 saturated carbocycles. The smallest absolute Gasteiger partial charge is 0.227 e. The van der Waals surface area contributed by atoms with E-state index in [1.807, 2.05) is 27.0 Å². The molecule has 3 rings (SSSR count). The molecule has 23 heavy (non-hydrogen) atoms. The molecule has 2 atom stereocenters. The fraction of sp³-hybridized carbons (Fsp3) is 0.562. The Bertz CT molecular complexity index is 719. The van der Waals surface area contributed by atoms with Crippen molar-refractivity contribution in [3.63, 3.8) is 0 Å². The lowest BCUT2D eigenvalue weighted by Crippen LogP contribution is -2.33.